The van der Waals surface area contributed by atoms with Crippen molar-refractivity contribution in [3.8, 4) is 23.0 Å². The first-order valence-corrected chi connectivity index (χ1v) is 11.0. The Balaban J connectivity index is 0.000000198. The van der Waals surface area contributed by atoms with Gasteiger partial charge in [0, 0.05) is 27.5 Å². The molecule has 0 saturated carbocycles. The second-order valence-corrected chi connectivity index (χ2v) is 7.63. The van der Waals surface area contributed by atoms with Gasteiger partial charge in [-0.15, -0.1) is 32.8 Å². The Hall–Kier alpha value is -3.69. The number of thiazole rings is 2. The predicted molar refractivity (Wildman–Crippen MR) is 128 cm³/mol. The summed E-state index contributed by atoms with van der Waals surface area (Å²) in [4.78, 5) is 32.1. The van der Waals surface area contributed by atoms with Gasteiger partial charge in [-0.25, -0.2) is 19.9 Å². The van der Waals surface area contributed by atoms with Gasteiger partial charge in [-0.05, 0) is 24.3 Å². The Labute approximate surface area is 210 Å². The number of aromatic nitrogens is 6. The van der Waals surface area contributed by atoms with Crippen LogP contribution in [0.25, 0.3) is 45.1 Å². The maximum Gasteiger partial charge on any atom is 0.291 e. The van der Waals surface area contributed by atoms with Crippen LogP contribution in [0, 0.1) is 10.1 Å². The van der Waals surface area contributed by atoms with E-state index in [-0.39, 0.29) is 22.3 Å². The third kappa shape index (κ3) is 6.66. The molecule has 6 N–H and O–H groups in total. The fourth-order valence-corrected chi connectivity index (χ4v) is 3.88. The zero-order chi connectivity index (χ0) is 22.3. The van der Waals surface area contributed by atoms with Crippen molar-refractivity contribution in [3.63, 3.8) is 0 Å². The number of nitrogens with one attached hydrogen (secondary N) is 2. The third-order valence-corrected chi connectivity index (χ3v) is 5.30. The average molecular weight is 543 g/mol. The largest absolute Gasteiger partial charge is 0.457 e. The molecule has 11 nitrogen and oxygen atoms in total. The molecule has 0 bridgehead atoms. The topological polar surface area (TPSA) is 180 Å². The summed E-state index contributed by atoms with van der Waals surface area (Å²) in [5.74, 6) is 1.68. The Morgan fingerprint density at radius 2 is 1.18 bits per heavy atom. The van der Waals surface area contributed by atoms with Gasteiger partial charge in [-0.3, -0.25) is 0 Å². The van der Waals surface area contributed by atoms with Crippen LogP contribution in [0.4, 0.5) is 0 Å². The van der Waals surface area contributed by atoms with E-state index in [4.69, 9.17) is 15.3 Å². The van der Waals surface area contributed by atoms with Gasteiger partial charge in [0.05, 0.1) is 33.1 Å². The standard InChI is InChI=1S/2C10H7N3S.Co.HNO3.H2O/c2*1-2-4-8-7(3-1)12-10(13-8)9-5-14-6-11-9;;2-1(3)4;/h2*1-6H,(H,12,13);;(H,2,3,4);1H2/p+1. The summed E-state index contributed by atoms with van der Waals surface area (Å²) in [6.45, 7) is 0. The Morgan fingerprint density at radius 1 is 0.794 bits per heavy atom. The van der Waals surface area contributed by atoms with Crippen molar-refractivity contribution in [2.75, 3.05) is 0 Å². The van der Waals surface area contributed by atoms with Crippen molar-refractivity contribution >= 4 is 44.7 Å². The van der Waals surface area contributed by atoms with Crippen molar-refractivity contribution in [2.45, 2.75) is 0 Å². The Kier molecular flexibility index (Phi) is 9.78. The Bertz CT molecular complexity index is 1260. The summed E-state index contributed by atoms with van der Waals surface area (Å²) in [7, 11) is 0. The summed E-state index contributed by atoms with van der Waals surface area (Å²) in [6.07, 6.45) is 0. The third-order valence-electron chi connectivity index (χ3n) is 4.13. The first-order valence-electron chi connectivity index (χ1n) is 9.10. The number of benzene rings is 2. The zero-order valence-electron chi connectivity index (χ0n) is 17.2. The van der Waals surface area contributed by atoms with Crippen LogP contribution in [0.5, 0.6) is 0 Å². The number of para-hydroxylation sites is 4. The van der Waals surface area contributed by atoms with Crippen LogP contribution in [0.15, 0.2) is 70.3 Å². The molecule has 0 saturated heterocycles. The molecular weight excluding hydrogens is 525 g/mol. The minimum Gasteiger partial charge on any atom is -0.457 e. The maximum absolute atomic E-state index is 8.36. The van der Waals surface area contributed by atoms with Gasteiger partial charge in [0.25, 0.3) is 5.09 Å². The van der Waals surface area contributed by atoms with Crippen LogP contribution in [0.1, 0.15) is 0 Å². The summed E-state index contributed by atoms with van der Waals surface area (Å²) >= 11 is 3.15. The number of hydrogen-bond acceptors (Lipinski definition) is 8. The number of fused-ring (bicyclic) bond motifs is 2. The van der Waals surface area contributed by atoms with Crippen LogP contribution in [0.2, 0.25) is 0 Å². The second kappa shape index (κ2) is 12.5. The molecule has 2 aromatic carbocycles. The van der Waals surface area contributed by atoms with E-state index in [0.717, 1.165) is 45.1 Å². The van der Waals surface area contributed by atoms with Gasteiger partial charge >= 0.3 is 0 Å². The molecule has 0 fully saturated rings. The normalized spacial score (nSPS) is 9.65. The SMILES string of the molecule is O=[N+]([O-])O.[Co].[OH3+].c1ccc2[nH]c(-c3cscn3)nc2c1.c1ccc2[nH]c(-c3cscn3)nc2c1. The van der Waals surface area contributed by atoms with Gasteiger partial charge in [-0.2, -0.15) is 0 Å². The molecule has 1 radical (unpaired) electrons. The van der Waals surface area contributed by atoms with E-state index in [1.165, 1.54) is 0 Å². The van der Waals surface area contributed by atoms with Crippen molar-refractivity contribution < 1.29 is 32.5 Å². The van der Waals surface area contributed by atoms with Crippen LogP contribution in [0.3, 0.4) is 0 Å². The van der Waals surface area contributed by atoms with E-state index in [0.29, 0.717) is 0 Å². The molecule has 0 atom stereocenters. The van der Waals surface area contributed by atoms with Crippen LogP contribution < -0.4 is 0 Å². The van der Waals surface area contributed by atoms with E-state index in [9.17, 15) is 0 Å². The number of aromatic amines is 2. The fraction of sp³-hybridized carbons (Fsp3) is 0. The van der Waals surface area contributed by atoms with Gasteiger partial charge < -0.3 is 20.7 Å². The summed E-state index contributed by atoms with van der Waals surface area (Å²) in [5.41, 5.74) is 9.50. The van der Waals surface area contributed by atoms with E-state index in [1.807, 2.05) is 70.3 Å². The van der Waals surface area contributed by atoms with E-state index >= 15 is 0 Å². The first kappa shape index (κ1) is 26.6. The number of imidazole rings is 2. The molecule has 4 heterocycles. The average Bonchev–Trinajstić information content (AvgIpc) is 3.59. The molecule has 6 rings (SSSR count). The molecular formula is C20H18CoN7O4S2+. The summed E-state index contributed by atoms with van der Waals surface area (Å²) in [5, 5.41) is 17.6. The maximum atomic E-state index is 8.36. The molecule has 14 heteroatoms. The molecule has 34 heavy (non-hydrogen) atoms. The van der Waals surface area contributed by atoms with E-state index in [1.54, 1.807) is 22.7 Å². The van der Waals surface area contributed by atoms with Crippen LogP contribution in [-0.4, -0.2) is 40.2 Å². The van der Waals surface area contributed by atoms with Gasteiger partial charge in [0.2, 0.25) is 0 Å². The van der Waals surface area contributed by atoms with Crippen molar-refractivity contribution in [2.24, 2.45) is 0 Å². The number of rotatable bonds is 2. The van der Waals surface area contributed by atoms with Crippen LogP contribution in [-0.2, 0) is 22.3 Å². The molecule has 0 unspecified atom stereocenters. The number of hydrogen-bond donors (Lipinski definition) is 3. The molecule has 6 aromatic rings. The fourth-order valence-electron chi connectivity index (χ4n) is 2.81. The molecule has 0 aliphatic carbocycles. The molecule has 177 valence electrons. The number of H-pyrrole nitrogens is 2. The molecule has 4 aromatic heterocycles. The number of nitrogens with zero attached hydrogens (tertiary/aromatic N) is 5. The second-order valence-electron chi connectivity index (χ2n) is 6.19. The van der Waals surface area contributed by atoms with E-state index in [2.05, 4.69) is 29.9 Å². The molecule has 0 spiro atoms. The van der Waals surface area contributed by atoms with Crippen molar-refractivity contribution in [1.29, 1.82) is 0 Å². The summed E-state index contributed by atoms with van der Waals surface area (Å²) in [6, 6.07) is 15.9. The first-order chi connectivity index (χ1) is 15.6. The predicted octanol–water partition coefficient (Wildman–Crippen LogP) is 4.10. The monoisotopic (exact) mass is 543 g/mol. The zero-order valence-corrected chi connectivity index (χ0v) is 19.8. The van der Waals surface area contributed by atoms with Crippen LogP contribution >= 0.6 is 22.7 Å². The molecule has 0 aliphatic heterocycles. The minimum absolute atomic E-state index is 0. The minimum atomic E-state index is -1.50. The van der Waals surface area contributed by atoms with Crippen molar-refractivity contribution in [3.05, 3.63) is 80.4 Å². The van der Waals surface area contributed by atoms with E-state index < -0.39 is 5.09 Å². The smallest absolute Gasteiger partial charge is 0.291 e. The molecule has 0 amide bonds. The quantitative estimate of drug-likeness (QED) is 0.167. The molecule has 0 aliphatic rings. The Morgan fingerprint density at radius 3 is 1.50 bits per heavy atom. The van der Waals surface area contributed by atoms with Gasteiger partial charge in [0.15, 0.2) is 11.6 Å². The van der Waals surface area contributed by atoms with Gasteiger partial charge in [-0.1, -0.05) is 24.3 Å². The van der Waals surface area contributed by atoms with Crippen molar-refractivity contribution in [1.82, 2.24) is 29.9 Å². The van der Waals surface area contributed by atoms with Gasteiger partial charge in [0.1, 0.15) is 11.4 Å². The summed E-state index contributed by atoms with van der Waals surface area (Å²) < 4.78 is 0.